The average molecular weight is 1120 g/mol. The monoisotopic (exact) mass is 1120 g/mol. The molecule has 24 heteroatoms. The minimum absolute atomic E-state index is 0.00460. The van der Waals surface area contributed by atoms with Gasteiger partial charge in [0.25, 0.3) is 0 Å². The van der Waals surface area contributed by atoms with Crippen LogP contribution in [0.2, 0.25) is 0 Å². The summed E-state index contributed by atoms with van der Waals surface area (Å²) in [6, 6.07) is 0. The van der Waals surface area contributed by atoms with Crippen LogP contribution in [0.1, 0.15) is 106 Å². The molecule has 24 nitrogen and oxygen atoms in total. The number of rotatable bonds is 17. The van der Waals surface area contributed by atoms with Crippen LogP contribution in [0.4, 0.5) is 0 Å². The zero-order valence-electron chi connectivity index (χ0n) is 45.8. The molecule has 4 saturated carbocycles. The van der Waals surface area contributed by atoms with Gasteiger partial charge in [-0.1, -0.05) is 41.2 Å². The largest absolute Gasteiger partial charge is 0.394 e. The fourth-order valence-electron chi connectivity index (χ4n) is 16.2. The number of ketones is 1. The van der Waals surface area contributed by atoms with E-state index in [9.17, 15) is 81.4 Å². The van der Waals surface area contributed by atoms with E-state index in [1.54, 1.807) is 6.92 Å². The number of carbonyl (C=O) groups is 1. The highest BCUT2D eigenvalue weighted by atomic mass is 16.8. The maximum absolute atomic E-state index is 13.3. The Morgan fingerprint density at radius 2 is 1.08 bits per heavy atom. The molecule has 0 aromatic heterocycles. The second-order valence-electron chi connectivity index (χ2n) is 25.6. The number of Topliss-reactive ketones (excluding diaryl/α,β-unsaturated/α-hetero) is 1. The minimum atomic E-state index is -1.83. The molecule has 8 rings (SSSR count). The van der Waals surface area contributed by atoms with Crippen molar-refractivity contribution >= 4 is 5.78 Å². The van der Waals surface area contributed by atoms with Crippen LogP contribution in [0.25, 0.3) is 0 Å². The molecule has 0 unspecified atom stereocenters. The van der Waals surface area contributed by atoms with Gasteiger partial charge in [-0.3, -0.25) is 4.79 Å². The third kappa shape index (κ3) is 10.7. The van der Waals surface area contributed by atoms with E-state index in [4.69, 9.17) is 37.9 Å². The van der Waals surface area contributed by atoms with Crippen molar-refractivity contribution in [3.8, 4) is 0 Å². The Hall–Kier alpha value is -1.51. The third-order valence-electron chi connectivity index (χ3n) is 21.0. The van der Waals surface area contributed by atoms with Crippen LogP contribution < -0.4 is 0 Å². The van der Waals surface area contributed by atoms with E-state index in [-0.39, 0.29) is 41.3 Å². The molecule has 4 aliphatic carbocycles. The number of fused-ring (bicyclic) bond motifs is 5. The van der Waals surface area contributed by atoms with Crippen molar-refractivity contribution < 1.29 is 119 Å². The third-order valence-corrected chi connectivity index (χ3v) is 21.0. The van der Waals surface area contributed by atoms with Gasteiger partial charge in [-0.2, -0.15) is 0 Å². The zero-order valence-corrected chi connectivity index (χ0v) is 45.8. The van der Waals surface area contributed by atoms with Crippen molar-refractivity contribution in [2.45, 2.75) is 247 Å². The lowest BCUT2D eigenvalue weighted by Crippen LogP contribution is -2.68. The average Bonchev–Trinajstić information content (AvgIpc) is 3.91. The van der Waals surface area contributed by atoms with Crippen LogP contribution in [0.15, 0.2) is 12.2 Å². The van der Waals surface area contributed by atoms with E-state index in [0.29, 0.717) is 37.7 Å². The topological polar surface area (TPSA) is 394 Å². The Morgan fingerprint density at radius 1 is 0.577 bits per heavy atom. The lowest BCUT2D eigenvalue weighted by Gasteiger charge is -2.71. The highest BCUT2D eigenvalue weighted by molar-refractivity contribution is 5.94. The zero-order chi connectivity index (χ0) is 57.5. The predicted octanol–water partition coefficient (Wildman–Crippen LogP) is -3.02. The van der Waals surface area contributed by atoms with Gasteiger partial charge in [-0.15, -0.1) is 0 Å². The van der Waals surface area contributed by atoms with Gasteiger partial charge in [-0.05, 0) is 116 Å². The smallest absolute Gasteiger partial charge is 0.187 e. The second-order valence-corrected chi connectivity index (χ2v) is 25.6. The van der Waals surface area contributed by atoms with Crippen molar-refractivity contribution in [1.29, 1.82) is 0 Å². The summed E-state index contributed by atoms with van der Waals surface area (Å²) in [5, 5.41) is 162. The van der Waals surface area contributed by atoms with E-state index < -0.39 is 190 Å². The van der Waals surface area contributed by atoms with Crippen LogP contribution in [0, 0.1) is 45.3 Å². The molecular weight excluding hydrogens is 1030 g/mol. The SMILES string of the molecule is C=C(C)C(=O)CC[C@](C)(O[C@@H]1O[C@H](CO[C@@H]2O[C@H](CO)[C@@H](O)[C@H](O)[C@H]2O)[C@@H](O)[C@H](O)[C@H]1O)[C@H]1CC[C@]2(C)[C@@H]1[C@H](O)C[C@@H]1[C@@]3(C)CC[C@H](O[C@@H]4O[C@H](CO)[C@@H](O)[C@H](O)[C@H]4O[C@@H]4O[C@H](CO)[C@@H](O)[C@H](O)[C@H]4O)C(C)(C)[C@H]3CC[C@]12C. The fourth-order valence-corrected chi connectivity index (χ4v) is 16.2. The molecule has 8 aliphatic rings. The summed E-state index contributed by atoms with van der Waals surface area (Å²) in [7, 11) is 0. The van der Waals surface area contributed by atoms with Gasteiger partial charge in [-0.25, -0.2) is 0 Å². The number of allylic oxidation sites excluding steroid dienone is 1. The first-order chi connectivity index (χ1) is 36.5. The van der Waals surface area contributed by atoms with Crippen molar-refractivity contribution in [3.63, 3.8) is 0 Å². The number of aliphatic hydroxyl groups is 15. The Labute approximate surface area is 454 Å². The van der Waals surface area contributed by atoms with Gasteiger partial charge in [0.15, 0.2) is 30.9 Å². The van der Waals surface area contributed by atoms with Crippen LogP contribution in [-0.4, -0.2) is 249 Å². The van der Waals surface area contributed by atoms with Crippen molar-refractivity contribution in [3.05, 3.63) is 12.2 Å². The molecule has 4 saturated heterocycles. The molecule has 450 valence electrons. The van der Waals surface area contributed by atoms with E-state index in [0.717, 1.165) is 12.8 Å². The maximum atomic E-state index is 13.3. The van der Waals surface area contributed by atoms with Crippen molar-refractivity contribution in [2.75, 3.05) is 26.4 Å². The predicted molar refractivity (Wildman–Crippen MR) is 267 cm³/mol. The molecular formula is C54H90O24. The molecule has 0 aromatic rings. The quantitative estimate of drug-likeness (QED) is 0.0509. The van der Waals surface area contributed by atoms with E-state index in [1.165, 1.54) is 0 Å². The molecule has 0 bridgehead atoms. The summed E-state index contributed by atoms with van der Waals surface area (Å²) >= 11 is 0. The molecule has 30 atom stereocenters. The molecule has 0 spiro atoms. The highest BCUT2D eigenvalue weighted by Gasteiger charge is 2.72. The summed E-state index contributed by atoms with van der Waals surface area (Å²) in [5.74, 6) is -1.09. The van der Waals surface area contributed by atoms with Gasteiger partial charge >= 0.3 is 0 Å². The molecule has 78 heavy (non-hydrogen) atoms. The van der Waals surface area contributed by atoms with Gasteiger partial charge in [0, 0.05) is 6.42 Å². The number of hydrogen-bond donors (Lipinski definition) is 15. The minimum Gasteiger partial charge on any atom is -0.394 e. The first kappa shape index (κ1) is 62.5. The maximum Gasteiger partial charge on any atom is 0.187 e. The number of carbonyl (C=O) groups excluding carboxylic acids is 1. The van der Waals surface area contributed by atoms with E-state index in [2.05, 4.69) is 41.2 Å². The standard InChI is InChI=1S/C54H90O24/c1-22(2)24(58)10-16-54(8,78-48-44(70)40(66)37(63)29(75-48)21-71-46-42(68)38(64)34(60)26(18-55)72-46)23-9-14-53(7)33(23)25(59)17-31-51(5)13-12-32(50(3,4)30(51)11-15-52(31,53)6)76-49-45(41(67)36(62)28(20-57)74-49)77-47-43(69)39(65)35(61)27(19-56)73-47/h23,25-49,55-57,59-70H,1,9-21H2,2-8H3/t23-,25+,26+,27+,28+,29+,30+,31+,32-,33-,34+,35+,36+,37+,38-,39-,40-,41-,42+,43+,44+,45+,46+,47-,48-,49-,51-,52+,53+,54-/m0/s1. The molecule has 0 amide bonds. The van der Waals surface area contributed by atoms with E-state index in [1.807, 2.05) is 6.92 Å². The Kier molecular flexibility index (Phi) is 18.8. The summed E-state index contributed by atoms with van der Waals surface area (Å²) < 4.78 is 48.6. The number of hydrogen-bond acceptors (Lipinski definition) is 24. The normalized spacial score (nSPS) is 52.1. The molecule has 0 radical (unpaired) electrons. The summed E-state index contributed by atoms with van der Waals surface area (Å²) in [6.07, 6.45) is -29.6. The molecule has 0 aromatic carbocycles. The van der Waals surface area contributed by atoms with Gasteiger partial charge < -0.3 is 114 Å². The Balaban J connectivity index is 1.02. The Bertz CT molecular complexity index is 2070. The van der Waals surface area contributed by atoms with Crippen LogP contribution in [0.5, 0.6) is 0 Å². The molecule has 15 N–H and O–H groups in total. The lowest BCUT2D eigenvalue weighted by molar-refractivity contribution is -0.378. The lowest BCUT2D eigenvalue weighted by atomic mass is 9.35. The number of ether oxygens (including phenoxy) is 8. The number of aliphatic hydroxyl groups excluding tert-OH is 15. The highest BCUT2D eigenvalue weighted by Crippen LogP contribution is 2.76. The first-order valence-corrected chi connectivity index (χ1v) is 27.9. The fraction of sp³-hybridized carbons (Fsp3) is 0.944. The molecule has 4 aliphatic heterocycles. The van der Waals surface area contributed by atoms with Crippen LogP contribution in [0.3, 0.4) is 0 Å². The Morgan fingerprint density at radius 3 is 1.65 bits per heavy atom. The van der Waals surface area contributed by atoms with Gasteiger partial charge in [0.1, 0.15) is 97.7 Å². The van der Waals surface area contributed by atoms with Crippen LogP contribution >= 0.6 is 0 Å². The summed E-state index contributed by atoms with van der Waals surface area (Å²) in [6.45, 7) is 15.6. The molecule has 8 fully saturated rings. The molecule has 4 heterocycles. The van der Waals surface area contributed by atoms with E-state index >= 15 is 0 Å². The second kappa shape index (κ2) is 23.5. The van der Waals surface area contributed by atoms with Crippen molar-refractivity contribution in [2.24, 2.45) is 45.3 Å². The van der Waals surface area contributed by atoms with Gasteiger partial charge in [0.2, 0.25) is 0 Å². The van der Waals surface area contributed by atoms with Crippen molar-refractivity contribution in [1.82, 2.24) is 0 Å². The summed E-state index contributed by atoms with van der Waals surface area (Å²) in [5.41, 5.74) is -2.85. The summed E-state index contributed by atoms with van der Waals surface area (Å²) in [4.78, 5) is 13.3. The van der Waals surface area contributed by atoms with Crippen LogP contribution in [-0.2, 0) is 42.7 Å². The first-order valence-electron chi connectivity index (χ1n) is 27.9. The van der Waals surface area contributed by atoms with Gasteiger partial charge in [0.05, 0.1) is 44.2 Å².